The molecule has 0 radical (unpaired) electrons. The summed E-state index contributed by atoms with van der Waals surface area (Å²) in [4.78, 5) is 0. The van der Waals surface area contributed by atoms with Gasteiger partial charge in [0.05, 0.1) is 18.8 Å². The Bertz CT molecular complexity index is 366. The summed E-state index contributed by atoms with van der Waals surface area (Å²) in [6.07, 6.45) is 7.57. The fraction of sp³-hybridized carbons (Fsp3) is 0.750. The highest BCUT2D eigenvalue weighted by Crippen LogP contribution is 2.49. The average Bonchev–Trinajstić information content (AvgIpc) is 3.12. The molecular formula is C16H26O3. The third kappa shape index (κ3) is 3.10. The third-order valence-corrected chi connectivity index (χ3v) is 4.27. The summed E-state index contributed by atoms with van der Waals surface area (Å²) in [6.45, 7) is 7.23. The van der Waals surface area contributed by atoms with Crippen molar-refractivity contribution >= 4 is 0 Å². The fourth-order valence-electron chi connectivity index (χ4n) is 3.15. The highest BCUT2D eigenvalue weighted by Gasteiger charge is 2.58. The molecule has 0 amide bonds. The average molecular weight is 266 g/mol. The van der Waals surface area contributed by atoms with E-state index < -0.39 is 0 Å². The first-order chi connectivity index (χ1) is 9.00. The van der Waals surface area contributed by atoms with E-state index in [2.05, 4.69) is 39.0 Å². The van der Waals surface area contributed by atoms with Crippen LogP contribution in [0.2, 0.25) is 0 Å². The lowest BCUT2D eigenvalue weighted by atomic mass is 9.72. The van der Waals surface area contributed by atoms with Crippen LogP contribution in [0, 0.1) is 11.8 Å². The van der Waals surface area contributed by atoms with Crippen molar-refractivity contribution < 1.29 is 14.6 Å². The highest BCUT2D eigenvalue weighted by molar-refractivity contribution is 5.24. The zero-order chi connectivity index (χ0) is 14.0. The summed E-state index contributed by atoms with van der Waals surface area (Å²) in [5.74, 6) is 0.711. The smallest absolute Gasteiger partial charge is 0.101 e. The first kappa shape index (κ1) is 14.8. The lowest BCUT2D eigenvalue weighted by molar-refractivity contribution is -0.0849. The van der Waals surface area contributed by atoms with Crippen molar-refractivity contribution in [2.75, 3.05) is 13.7 Å². The number of rotatable bonds is 4. The van der Waals surface area contributed by atoms with E-state index in [1.165, 1.54) is 5.57 Å². The van der Waals surface area contributed by atoms with Gasteiger partial charge in [0.1, 0.15) is 5.60 Å². The Balaban J connectivity index is 2.17. The van der Waals surface area contributed by atoms with Crippen LogP contribution in [0.5, 0.6) is 0 Å². The van der Waals surface area contributed by atoms with Gasteiger partial charge in [-0.2, -0.15) is 0 Å². The topological polar surface area (TPSA) is 42.0 Å². The van der Waals surface area contributed by atoms with Crippen LogP contribution in [0.3, 0.4) is 0 Å². The molecule has 1 N–H and O–H groups in total. The minimum Gasteiger partial charge on any atom is -0.390 e. The van der Waals surface area contributed by atoms with Crippen molar-refractivity contribution in [3.05, 3.63) is 23.8 Å². The summed E-state index contributed by atoms with van der Waals surface area (Å²) >= 11 is 0. The molecular weight excluding hydrogens is 240 g/mol. The number of methoxy groups -OCH3 is 1. The Kier molecular flexibility index (Phi) is 4.49. The molecule has 4 atom stereocenters. The van der Waals surface area contributed by atoms with Crippen LogP contribution >= 0.6 is 0 Å². The second kappa shape index (κ2) is 5.78. The number of epoxide rings is 1. The normalized spacial score (nSPS) is 39.5. The Morgan fingerprint density at radius 2 is 2.16 bits per heavy atom. The molecule has 2 fully saturated rings. The van der Waals surface area contributed by atoms with Gasteiger partial charge < -0.3 is 14.6 Å². The number of aliphatic hydroxyl groups excluding tert-OH is 1. The van der Waals surface area contributed by atoms with Crippen molar-refractivity contribution in [1.29, 1.82) is 0 Å². The van der Waals surface area contributed by atoms with Gasteiger partial charge in [-0.25, -0.2) is 0 Å². The van der Waals surface area contributed by atoms with Crippen molar-refractivity contribution in [3.63, 3.8) is 0 Å². The van der Waals surface area contributed by atoms with Crippen molar-refractivity contribution in [2.24, 2.45) is 11.8 Å². The zero-order valence-electron chi connectivity index (χ0n) is 12.4. The molecule has 19 heavy (non-hydrogen) atoms. The predicted molar refractivity (Wildman–Crippen MR) is 75.9 cm³/mol. The maximum absolute atomic E-state index is 10.1. The molecule has 1 spiro atoms. The lowest BCUT2D eigenvalue weighted by Crippen LogP contribution is -2.48. The van der Waals surface area contributed by atoms with Gasteiger partial charge in [-0.15, -0.1) is 0 Å². The molecule has 0 aromatic heterocycles. The lowest BCUT2D eigenvalue weighted by Gasteiger charge is -2.39. The van der Waals surface area contributed by atoms with Gasteiger partial charge in [-0.3, -0.25) is 0 Å². The molecule has 3 nitrogen and oxygen atoms in total. The van der Waals surface area contributed by atoms with E-state index in [1.807, 2.05) is 0 Å². The Labute approximate surface area is 116 Å². The first-order valence-corrected chi connectivity index (χ1v) is 7.20. The Hall–Kier alpha value is -0.640. The van der Waals surface area contributed by atoms with Crippen LogP contribution in [-0.2, 0) is 9.47 Å². The van der Waals surface area contributed by atoms with E-state index in [9.17, 15) is 5.11 Å². The number of hydrogen-bond acceptors (Lipinski definition) is 3. The molecule has 1 saturated carbocycles. The molecule has 4 unspecified atom stereocenters. The molecule has 0 bridgehead atoms. The Morgan fingerprint density at radius 3 is 2.68 bits per heavy atom. The number of ether oxygens (including phenoxy) is 2. The third-order valence-electron chi connectivity index (χ3n) is 4.27. The molecule has 0 aromatic rings. The number of aliphatic hydroxyl groups is 1. The molecule has 1 saturated heterocycles. The molecule has 1 heterocycles. The standard InChI is InChI=1S/C16H26O3/c1-11(2)6-5-7-12(3)14-15(18-4)13(17)8-9-16(14)10-19-16/h5-7,11,13-15,17H,8-10H2,1-4H3. The maximum Gasteiger partial charge on any atom is 0.101 e. The largest absolute Gasteiger partial charge is 0.390 e. The van der Waals surface area contributed by atoms with E-state index in [0.29, 0.717) is 5.92 Å². The van der Waals surface area contributed by atoms with Gasteiger partial charge >= 0.3 is 0 Å². The number of allylic oxidation sites excluding steroid dienone is 3. The summed E-state index contributed by atoms with van der Waals surface area (Å²) in [5, 5.41) is 10.1. The van der Waals surface area contributed by atoms with E-state index in [0.717, 1.165) is 19.4 Å². The van der Waals surface area contributed by atoms with Gasteiger partial charge in [-0.1, -0.05) is 37.6 Å². The minimum atomic E-state index is -0.387. The van der Waals surface area contributed by atoms with Crippen molar-refractivity contribution in [1.82, 2.24) is 0 Å². The van der Waals surface area contributed by atoms with E-state index >= 15 is 0 Å². The molecule has 108 valence electrons. The maximum atomic E-state index is 10.1. The second-order valence-corrected chi connectivity index (χ2v) is 6.18. The molecule has 2 rings (SSSR count). The first-order valence-electron chi connectivity index (χ1n) is 7.20. The van der Waals surface area contributed by atoms with Gasteiger partial charge in [0.25, 0.3) is 0 Å². The minimum absolute atomic E-state index is 0.0772. The van der Waals surface area contributed by atoms with Crippen LogP contribution in [-0.4, -0.2) is 36.6 Å². The van der Waals surface area contributed by atoms with Crippen LogP contribution in [0.15, 0.2) is 23.8 Å². The summed E-state index contributed by atoms with van der Waals surface area (Å²) in [5.41, 5.74) is 1.16. The van der Waals surface area contributed by atoms with E-state index in [4.69, 9.17) is 9.47 Å². The zero-order valence-corrected chi connectivity index (χ0v) is 12.4. The SMILES string of the molecule is COC1C(O)CCC2(CO2)C1C(C)=CC=CC(C)C. The van der Waals surface area contributed by atoms with Gasteiger partial charge in [0, 0.05) is 13.0 Å². The van der Waals surface area contributed by atoms with Crippen LogP contribution in [0.4, 0.5) is 0 Å². The predicted octanol–water partition coefficient (Wildman–Crippen LogP) is 2.70. The van der Waals surface area contributed by atoms with Crippen LogP contribution in [0.1, 0.15) is 33.6 Å². The number of hydrogen-bond donors (Lipinski definition) is 1. The summed E-state index contributed by atoms with van der Waals surface area (Å²) < 4.78 is 11.3. The fourth-order valence-corrected chi connectivity index (χ4v) is 3.15. The molecule has 0 aromatic carbocycles. The van der Waals surface area contributed by atoms with Crippen molar-refractivity contribution in [3.8, 4) is 0 Å². The summed E-state index contributed by atoms with van der Waals surface area (Å²) in [6, 6.07) is 0. The molecule has 1 aliphatic heterocycles. The summed E-state index contributed by atoms with van der Waals surface area (Å²) in [7, 11) is 1.68. The van der Waals surface area contributed by atoms with E-state index in [-0.39, 0.29) is 23.7 Å². The van der Waals surface area contributed by atoms with Gasteiger partial charge in [0.2, 0.25) is 0 Å². The van der Waals surface area contributed by atoms with Crippen LogP contribution < -0.4 is 0 Å². The quantitative estimate of drug-likeness (QED) is 0.628. The van der Waals surface area contributed by atoms with Crippen molar-refractivity contribution in [2.45, 2.75) is 51.4 Å². The molecule has 3 heteroatoms. The van der Waals surface area contributed by atoms with E-state index in [1.54, 1.807) is 7.11 Å². The Morgan fingerprint density at radius 1 is 1.47 bits per heavy atom. The van der Waals surface area contributed by atoms with Gasteiger partial charge in [0.15, 0.2) is 0 Å². The molecule has 2 aliphatic rings. The van der Waals surface area contributed by atoms with Gasteiger partial charge in [-0.05, 0) is 25.7 Å². The monoisotopic (exact) mass is 266 g/mol. The highest BCUT2D eigenvalue weighted by atomic mass is 16.6. The molecule has 1 aliphatic carbocycles. The second-order valence-electron chi connectivity index (χ2n) is 6.18. The van der Waals surface area contributed by atoms with Crippen LogP contribution in [0.25, 0.3) is 0 Å².